The molecule has 0 saturated carbocycles. The van der Waals surface area contributed by atoms with E-state index in [2.05, 4.69) is 0 Å². The van der Waals surface area contributed by atoms with Gasteiger partial charge in [0.2, 0.25) is 6.04 Å². The standard InChI is InChI=1S/C20H20F3N4O4/c1-19(2,3)31-17(29)15-9-25-8-14-16(28)26(18(30)27(14,15)10-25)12-5-4-11(7-24)13(6-12)20(21,22)23/h4-6,14-15H,8-10H2,1-3H3/q+1. The Morgan fingerprint density at radius 2 is 1.90 bits per heavy atom. The number of nitrogens with zero attached hydrogens (tertiary/aromatic N) is 4. The highest BCUT2D eigenvalue weighted by Crippen LogP contribution is 2.45. The second-order valence-corrected chi connectivity index (χ2v) is 8.97. The first-order valence-electron chi connectivity index (χ1n) is 9.62. The zero-order valence-electron chi connectivity index (χ0n) is 17.1. The average molecular weight is 437 g/mol. The van der Waals surface area contributed by atoms with Gasteiger partial charge in [0.15, 0.2) is 6.04 Å². The third kappa shape index (κ3) is 3.09. The van der Waals surface area contributed by atoms with Crippen molar-refractivity contribution in [1.29, 1.82) is 5.26 Å². The number of urea groups is 1. The molecule has 1 aromatic carbocycles. The van der Waals surface area contributed by atoms with Gasteiger partial charge < -0.3 is 4.74 Å². The van der Waals surface area contributed by atoms with E-state index < -0.39 is 57.4 Å². The van der Waals surface area contributed by atoms with Crippen LogP contribution in [0.5, 0.6) is 0 Å². The number of benzene rings is 1. The van der Waals surface area contributed by atoms with Crippen molar-refractivity contribution in [3.63, 3.8) is 0 Å². The Morgan fingerprint density at radius 3 is 2.48 bits per heavy atom. The van der Waals surface area contributed by atoms with Crippen LogP contribution in [0.1, 0.15) is 31.9 Å². The molecule has 1 spiro atoms. The fraction of sp³-hybridized carbons (Fsp3) is 0.500. The predicted octanol–water partition coefficient (Wildman–Crippen LogP) is 2.23. The maximum atomic E-state index is 13.5. The number of esters is 1. The molecule has 4 unspecified atom stereocenters. The minimum absolute atomic E-state index is 0.109. The minimum atomic E-state index is -4.83. The number of carbonyl (C=O) groups is 3. The number of quaternary nitrogens is 1. The minimum Gasteiger partial charge on any atom is -0.456 e. The van der Waals surface area contributed by atoms with Crippen molar-refractivity contribution >= 4 is 23.6 Å². The number of ether oxygens (including phenoxy) is 1. The van der Waals surface area contributed by atoms with Gasteiger partial charge in [-0.3, -0.25) is 4.79 Å². The molecular weight excluding hydrogens is 417 g/mol. The molecule has 31 heavy (non-hydrogen) atoms. The highest BCUT2D eigenvalue weighted by molar-refractivity contribution is 6.18. The zero-order chi connectivity index (χ0) is 22.9. The summed E-state index contributed by atoms with van der Waals surface area (Å²) in [4.78, 5) is 41.9. The van der Waals surface area contributed by atoms with Crippen LogP contribution in [0.25, 0.3) is 0 Å². The van der Waals surface area contributed by atoms with Crippen molar-refractivity contribution in [3.05, 3.63) is 29.3 Å². The number of hydrogen-bond donors (Lipinski definition) is 0. The second-order valence-electron chi connectivity index (χ2n) is 8.97. The van der Waals surface area contributed by atoms with Crippen molar-refractivity contribution < 1.29 is 36.8 Å². The molecule has 3 amide bonds. The van der Waals surface area contributed by atoms with Crippen molar-refractivity contribution in [2.45, 2.75) is 44.6 Å². The molecule has 8 nitrogen and oxygen atoms in total. The van der Waals surface area contributed by atoms with Crippen LogP contribution >= 0.6 is 0 Å². The van der Waals surface area contributed by atoms with Gasteiger partial charge >= 0.3 is 18.2 Å². The van der Waals surface area contributed by atoms with Gasteiger partial charge in [-0.2, -0.15) is 23.3 Å². The first-order chi connectivity index (χ1) is 14.3. The molecule has 0 N–H and O–H groups in total. The van der Waals surface area contributed by atoms with Crippen LogP contribution in [0, 0.1) is 11.3 Å². The fourth-order valence-corrected chi connectivity index (χ4v) is 4.62. The Hall–Kier alpha value is -2.97. The molecule has 0 aliphatic carbocycles. The maximum Gasteiger partial charge on any atom is 0.433 e. The number of anilines is 1. The van der Waals surface area contributed by atoms with Crippen molar-refractivity contribution in [3.8, 4) is 6.07 Å². The second kappa shape index (κ2) is 6.51. The highest BCUT2D eigenvalue weighted by Gasteiger charge is 2.74. The normalized spacial score (nSPS) is 29.8. The van der Waals surface area contributed by atoms with Crippen LogP contribution in [-0.4, -0.2) is 64.7 Å². The Morgan fingerprint density at radius 1 is 1.23 bits per heavy atom. The summed E-state index contributed by atoms with van der Waals surface area (Å²) >= 11 is 0. The number of alkyl halides is 3. The summed E-state index contributed by atoms with van der Waals surface area (Å²) in [5.74, 6) is -1.29. The number of piperazine rings is 1. The molecule has 0 aromatic heterocycles. The lowest BCUT2D eigenvalue weighted by Gasteiger charge is -2.33. The van der Waals surface area contributed by atoms with E-state index in [-0.39, 0.29) is 25.4 Å². The summed E-state index contributed by atoms with van der Waals surface area (Å²) < 4.78 is 45.1. The number of imide groups is 1. The van der Waals surface area contributed by atoms with E-state index in [4.69, 9.17) is 10.00 Å². The SMILES string of the molecule is CC(C)(C)OC(=O)C1CN2CC3C(=O)N(c4ccc(C#N)c(C(F)(F)F)c4)C(=O)[N+]13C2. The van der Waals surface area contributed by atoms with Crippen LogP contribution in [-0.2, 0) is 20.5 Å². The van der Waals surface area contributed by atoms with Gasteiger partial charge in [0.25, 0.3) is 5.91 Å². The van der Waals surface area contributed by atoms with Gasteiger partial charge in [-0.1, -0.05) is 0 Å². The average Bonchev–Trinajstić information content (AvgIpc) is 3.28. The van der Waals surface area contributed by atoms with Gasteiger partial charge in [-0.05, 0) is 39.0 Å². The Kier molecular flexibility index (Phi) is 4.47. The number of carbonyl (C=O) groups excluding carboxylic acids is 3. The first-order valence-corrected chi connectivity index (χ1v) is 9.62. The molecule has 3 aliphatic heterocycles. The van der Waals surface area contributed by atoms with E-state index in [1.165, 1.54) is 6.07 Å². The number of rotatable bonds is 2. The lowest BCUT2D eigenvalue weighted by molar-refractivity contribution is -0.853. The van der Waals surface area contributed by atoms with Crippen molar-refractivity contribution in [1.82, 2.24) is 4.90 Å². The summed E-state index contributed by atoms with van der Waals surface area (Å²) in [7, 11) is 0. The maximum absolute atomic E-state index is 13.5. The third-order valence-corrected chi connectivity index (χ3v) is 5.83. The number of nitriles is 1. The van der Waals surface area contributed by atoms with Crippen LogP contribution < -0.4 is 4.90 Å². The summed E-state index contributed by atoms with van der Waals surface area (Å²) in [6.45, 7) is 5.61. The molecule has 0 radical (unpaired) electrons. The Balaban J connectivity index is 1.75. The molecule has 2 bridgehead atoms. The van der Waals surface area contributed by atoms with E-state index in [0.717, 1.165) is 12.1 Å². The smallest absolute Gasteiger partial charge is 0.433 e. The molecule has 3 fully saturated rings. The van der Waals surface area contributed by atoms with E-state index in [0.29, 0.717) is 11.0 Å². The summed E-state index contributed by atoms with van der Waals surface area (Å²) in [6.07, 6.45) is -4.83. The fourth-order valence-electron chi connectivity index (χ4n) is 4.62. The van der Waals surface area contributed by atoms with Crippen molar-refractivity contribution in [2.75, 3.05) is 24.7 Å². The number of hydrogen-bond acceptors (Lipinski definition) is 6. The third-order valence-electron chi connectivity index (χ3n) is 5.83. The van der Waals surface area contributed by atoms with Crippen LogP contribution in [0.3, 0.4) is 0 Å². The molecule has 4 rings (SSSR count). The van der Waals surface area contributed by atoms with Crippen LogP contribution in [0.2, 0.25) is 0 Å². The molecule has 1 aromatic rings. The monoisotopic (exact) mass is 437 g/mol. The summed E-state index contributed by atoms with van der Waals surface area (Å²) in [6, 6.07) is 1.57. The summed E-state index contributed by atoms with van der Waals surface area (Å²) in [5, 5.41) is 8.99. The quantitative estimate of drug-likeness (QED) is 0.400. The first kappa shape index (κ1) is 21.3. The number of amides is 3. The van der Waals surface area contributed by atoms with Gasteiger partial charge in [-0.25, -0.2) is 19.0 Å². The van der Waals surface area contributed by atoms with Gasteiger partial charge in [0, 0.05) is 0 Å². The van der Waals surface area contributed by atoms with Crippen LogP contribution in [0.15, 0.2) is 18.2 Å². The number of fused-ring (bicyclic) bond motifs is 1. The Labute approximate surface area is 175 Å². The molecule has 3 aliphatic rings. The largest absolute Gasteiger partial charge is 0.456 e. The van der Waals surface area contributed by atoms with Crippen LogP contribution in [0.4, 0.5) is 23.7 Å². The summed E-state index contributed by atoms with van der Waals surface area (Å²) in [5.41, 5.74) is -2.91. The highest BCUT2D eigenvalue weighted by atomic mass is 19.4. The molecule has 4 atom stereocenters. The predicted molar refractivity (Wildman–Crippen MR) is 99.2 cm³/mol. The van der Waals surface area contributed by atoms with Gasteiger partial charge in [-0.15, -0.1) is 0 Å². The van der Waals surface area contributed by atoms with E-state index in [1.807, 2.05) is 4.90 Å². The number of halogens is 3. The Bertz CT molecular complexity index is 1040. The van der Waals surface area contributed by atoms with E-state index in [9.17, 15) is 27.6 Å². The van der Waals surface area contributed by atoms with E-state index in [1.54, 1.807) is 20.8 Å². The zero-order valence-corrected chi connectivity index (χ0v) is 17.1. The molecule has 3 heterocycles. The molecule has 3 saturated heterocycles. The van der Waals surface area contributed by atoms with E-state index >= 15 is 0 Å². The van der Waals surface area contributed by atoms with Gasteiger partial charge in [0.05, 0.1) is 36.0 Å². The molecule has 11 heteroatoms. The van der Waals surface area contributed by atoms with Crippen molar-refractivity contribution in [2.24, 2.45) is 0 Å². The lowest BCUT2D eigenvalue weighted by Crippen LogP contribution is -2.63. The molecular formula is C20H20F3N4O4+. The molecule has 164 valence electrons. The lowest BCUT2D eigenvalue weighted by atomic mass is 10.1. The van der Waals surface area contributed by atoms with Gasteiger partial charge in [0.1, 0.15) is 12.3 Å². The topological polar surface area (TPSA) is 90.7 Å².